The van der Waals surface area contributed by atoms with E-state index in [2.05, 4.69) is 12.2 Å². The number of carboxylic acid groups (broad SMARTS) is 1. The minimum Gasteiger partial charge on any atom is -0.481 e. The standard InChI is InChI=1S/C17H28N2O4/c1-12-17(7-10-23-11-8-17)6-9-19(12)16(22)18-14-4-2-13(3-5-14)15(20)21/h12-14H,2-11H2,1H3,(H,18,22)(H,20,21). The van der Waals surface area contributed by atoms with E-state index in [1.807, 2.05) is 4.90 Å². The molecule has 2 saturated heterocycles. The number of rotatable bonds is 2. The fourth-order valence-corrected chi connectivity index (χ4v) is 4.54. The lowest BCUT2D eigenvalue weighted by molar-refractivity contribution is -0.142. The summed E-state index contributed by atoms with van der Waals surface area (Å²) in [6.45, 7) is 4.59. The van der Waals surface area contributed by atoms with Crippen molar-refractivity contribution in [2.75, 3.05) is 19.8 Å². The number of aliphatic carboxylic acids is 1. The molecule has 1 spiro atoms. The topological polar surface area (TPSA) is 78.9 Å². The summed E-state index contributed by atoms with van der Waals surface area (Å²) in [6, 6.07) is 0.401. The van der Waals surface area contributed by atoms with E-state index in [1.54, 1.807) is 0 Å². The molecule has 1 atom stereocenters. The Hall–Kier alpha value is -1.30. The zero-order valence-corrected chi connectivity index (χ0v) is 13.9. The predicted molar refractivity (Wildman–Crippen MR) is 85.2 cm³/mol. The number of nitrogens with zero attached hydrogens (tertiary/aromatic N) is 1. The van der Waals surface area contributed by atoms with Crippen molar-refractivity contribution >= 4 is 12.0 Å². The highest BCUT2D eigenvalue weighted by atomic mass is 16.5. The van der Waals surface area contributed by atoms with Crippen LogP contribution in [0.5, 0.6) is 0 Å². The van der Waals surface area contributed by atoms with E-state index in [0.717, 1.165) is 51.9 Å². The van der Waals surface area contributed by atoms with Crippen molar-refractivity contribution in [3.05, 3.63) is 0 Å². The van der Waals surface area contributed by atoms with Gasteiger partial charge in [-0.05, 0) is 57.3 Å². The van der Waals surface area contributed by atoms with Crippen molar-refractivity contribution < 1.29 is 19.4 Å². The average molecular weight is 324 g/mol. The van der Waals surface area contributed by atoms with Gasteiger partial charge in [0.15, 0.2) is 0 Å². The van der Waals surface area contributed by atoms with Crippen LogP contribution in [0.3, 0.4) is 0 Å². The van der Waals surface area contributed by atoms with Crippen LogP contribution in [0.25, 0.3) is 0 Å². The van der Waals surface area contributed by atoms with Crippen molar-refractivity contribution in [1.82, 2.24) is 10.2 Å². The Morgan fingerprint density at radius 2 is 1.78 bits per heavy atom. The Morgan fingerprint density at radius 1 is 1.13 bits per heavy atom. The Bertz CT molecular complexity index is 454. The molecule has 23 heavy (non-hydrogen) atoms. The maximum absolute atomic E-state index is 12.6. The fraction of sp³-hybridized carbons (Fsp3) is 0.882. The third kappa shape index (κ3) is 3.32. The number of ether oxygens (including phenoxy) is 1. The second-order valence-electron chi connectivity index (χ2n) is 7.43. The van der Waals surface area contributed by atoms with Gasteiger partial charge in [-0.15, -0.1) is 0 Å². The van der Waals surface area contributed by atoms with Crippen LogP contribution in [-0.2, 0) is 9.53 Å². The normalized spacial score (nSPS) is 33.6. The molecule has 2 N–H and O–H groups in total. The van der Waals surface area contributed by atoms with E-state index < -0.39 is 5.97 Å². The molecule has 3 rings (SSSR count). The Labute approximate surface area is 137 Å². The van der Waals surface area contributed by atoms with Crippen LogP contribution < -0.4 is 5.32 Å². The SMILES string of the molecule is CC1N(C(=O)NC2CCC(C(=O)O)CC2)CCC12CCOCC2. The van der Waals surface area contributed by atoms with Crippen LogP contribution in [0.1, 0.15) is 51.9 Å². The first kappa shape index (κ1) is 16.6. The first-order valence-electron chi connectivity index (χ1n) is 8.89. The number of likely N-dealkylation sites (tertiary alicyclic amines) is 1. The van der Waals surface area contributed by atoms with Crippen LogP contribution in [0, 0.1) is 11.3 Å². The van der Waals surface area contributed by atoms with Gasteiger partial charge in [0.25, 0.3) is 0 Å². The molecule has 1 aliphatic carbocycles. The fourth-order valence-electron chi connectivity index (χ4n) is 4.54. The van der Waals surface area contributed by atoms with Crippen LogP contribution >= 0.6 is 0 Å². The molecule has 1 unspecified atom stereocenters. The summed E-state index contributed by atoms with van der Waals surface area (Å²) >= 11 is 0. The smallest absolute Gasteiger partial charge is 0.317 e. The van der Waals surface area contributed by atoms with Crippen molar-refractivity contribution in [3.63, 3.8) is 0 Å². The molecule has 6 heteroatoms. The highest BCUT2D eigenvalue weighted by molar-refractivity contribution is 5.75. The van der Waals surface area contributed by atoms with Crippen LogP contribution in [-0.4, -0.2) is 53.8 Å². The highest BCUT2D eigenvalue weighted by Gasteiger charge is 2.47. The van der Waals surface area contributed by atoms with Crippen molar-refractivity contribution in [3.8, 4) is 0 Å². The number of carboxylic acids is 1. The van der Waals surface area contributed by atoms with Gasteiger partial charge < -0.3 is 20.1 Å². The van der Waals surface area contributed by atoms with Gasteiger partial charge in [-0.1, -0.05) is 0 Å². The van der Waals surface area contributed by atoms with E-state index in [1.165, 1.54) is 0 Å². The van der Waals surface area contributed by atoms with Crippen LogP contribution in [0.4, 0.5) is 4.79 Å². The largest absolute Gasteiger partial charge is 0.481 e. The maximum atomic E-state index is 12.6. The first-order chi connectivity index (χ1) is 11.0. The molecule has 0 aromatic carbocycles. The molecule has 0 aromatic rings. The van der Waals surface area contributed by atoms with Gasteiger partial charge in [0.1, 0.15) is 0 Å². The van der Waals surface area contributed by atoms with E-state index >= 15 is 0 Å². The molecular weight excluding hydrogens is 296 g/mol. The molecule has 2 aliphatic heterocycles. The average Bonchev–Trinajstić information content (AvgIpc) is 2.85. The third-order valence-electron chi connectivity index (χ3n) is 6.36. The number of carbonyl (C=O) groups excluding carboxylic acids is 1. The third-order valence-corrected chi connectivity index (χ3v) is 6.36. The Balaban J connectivity index is 1.52. The summed E-state index contributed by atoms with van der Waals surface area (Å²) in [5, 5.41) is 12.2. The second-order valence-corrected chi connectivity index (χ2v) is 7.43. The number of hydrogen-bond acceptors (Lipinski definition) is 3. The van der Waals surface area contributed by atoms with E-state index in [-0.39, 0.29) is 29.4 Å². The van der Waals surface area contributed by atoms with Gasteiger partial charge in [0, 0.05) is 31.8 Å². The summed E-state index contributed by atoms with van der Waals surface area (Å²) in [4.78, 5) is 25.6. The number of hydrogen-bond donors (Lipinski definition) is 2. The summed E-state index contributed by atoms with van der Waals surface area (Å²) in [7, 11) is 0. The molecule has 0 bridgehead atoms. The molecule has 6 nitrogen and oxygen atoms in total. The maximum Gasteiger partial charge on any atom is 0.317 e. The van der Waals surface area contributed by atoms with E-state index in [9.17, 15) is 9.59 Å². The highest BCUT2D eigenvalue weighted by Crippen LogP contribution is 2.44. The summed E-state index contributed by atoms with van der Waals surface area (Å²) in [5.41, 5.74) is 0.233. The second kappa shape index (κ2) is 6.67. The van der Waals surface area contributed by atoms with Gasteiger partial charge in [-0.25, -0.2) is 4.79 Å². The lowest BCUT2D eigenvalue weighted by Gasteiger charge is -2.39. The zero-order valence-electron chi connectivity index (χ0n) is 13.9. The van der Waals surface area contributed by atoms with Gasteiger partial charge in [-0.2, -0.15) is 0 Å². The zero-order chi connectivity index (χ0) is 16.4. The molecule has 0 radical (unpaired) electrons. The minimum absolute atomic E-state index is 0.0274. The van der Waals surface area contributed by atoms with Gasteiger partial charge in [0.2, 0.25) is 0 Å². The lowest BCUT2D eigenvalue weighted by atomic mass is 9.74. The summed E-state index contributed by atoms with van der Waals surface area (Å²) < 4.78 is 5.48. The predicted octanol–water partition coefficient (Wildman–Crippen LogP) is 2.23. The first-order valence-corrected chi connectivity index (χ1v) is 8.89. The summed E-state index contributed by atoms with van der Waals surface area (Å²) in [5.74, 6) is -0.941. The molecule has 130 valence electrons. The molecule has 3 aliphatic rings. The van der Waals surface area contributed by atoms with Crippen molar-refractivity contribution in [1.29, 1.82) is 0 Å². The quantitative estimate of drug-likeness (QED) is 0.816. The number of carbonyl (C=O) groups is 2. The molecule has 2 heterocycles. The van der Waals surface area contributed by atoms with Crippen LogP contribution in [0.2, 0.25) is 0 Å². The monoisotopic (exact) mass is 324 g/mol. The van der Waals surface area contributed by atoms with Crippen molar-refractivity contribution in [2.24, 2.45) is 11.3 Å². The number of nitrogens with one attached hydrogen (secondary N) is 1. The lowest BCUT2D eigenvalue weighted by Crippen LogP contribution is -2.50. The van der Waals surface area contributed by atoms with Gasteiger partial charge in [-0.3, -0.25) is 4.79 Å². The number of amides is 2. The van der Waals surface area contributed by atoms with E-state index in [0.29, 0.717) is 12.8 Å². The minimum atomic E-state index is -0.704. The van der Waals surface area contributed by atoms with Gasteiger partial charge >= 0.3 is 12.0 Å². The Kier molecular flexibility index (Phi) is 4.80. The van der Waals surface area contributed by atoms with Gasteiger partial charge in [0.05, 0.1) is 5.92 Å². The number of urea groups is 1. The molecule has 3 fully saturated rings. The van der Waals surface area contributed by atoms with E-state index in [4.69, 9.17) is 9.84 Å². The van der Waals surface area contributed by atoms with Crippen molar-refractivity contribution in [2.45, 2.75) is 64.0 Å². The molecular formula is C17H28N2O4. The molecule has 2 amide bonds. The summed E-state index contributed by atoms with van der Waals surface area (Å²) in [6.07, 6.45) is 6.02. The molecule has 1 saturated carbocycles. The Morgan fingerprint density at radius 3 is 2.39 bits per heavy atom. The van der Waals surface area contributed by atoms with Crippen LogP contribution in [0.15, 0.2) is 0 Å². The molecule has 0 aromatic heterocycles.